The van der Waals surface area contributed by atoms with Crippen molar-refractivity contribution in [3.63, 3.8) is 0 Å². The number of fused-ring (bicyclic) bond motifs is 1. The zero-order valence-corrected chi connectivity index (χ0v) is 9.03. The summed E-state index contributed by atoms with van der Waals surface area (Å²) >= 11 is 0. The van der Waals surface area contributed by atoms with Gasteiger partial charge in [-0.1, -0.05) is 24.3 Å². The Labute approximate surface area is 94.3 Å². The Morgan fingerprint density at radius 2 is 1.75 bits per heavy atom. The van der Waals surface area contributed by atoms with Crippen LogP contribution >= 0.6 is 0 Å². The third-order valence-electron chi connectivity index (χ3n) is 2.58. The highest BCUT2D eigenvalue weighted by Crippen LogP contribution is 2.31. The van der Waals surface area contributed by atoms with Crippen LogP contribution in [0.5, 0.6) is 5.75 Å². The predicted molar refractivity (Wildman–Crippen MR) is 58.2 cm³/mol. The van der Waals surface area contributed by atoms with E-state index in [1.165, 1.54) is 7.11 Å². The molecule has 0 fully saturated rings. The van der Waals surface area contributed by atoms with Crippen LogP contribution in [0.4, 0.5) is 0 Å². The molecule has 0 amide bonds. The molecule has 0 atom stereocenters. The summed E-state index contributed by atoms with van der Waals surface area (Å²) in [4.78, 5) is 0. The topological polar surface area (TPSA) is 55.3 Å². The van der Waals surface area contributed by atoms with Gasteiger partial charge in [-0.25, -0.2) is 0 Å². The maximum Gasteiger partial charge on any atom is 0.126 e. The molecule has 0 spiro atoms. The van der Waals surface area contributed by atoms with E-state index in [9.17, 15) is 10.2 Å². The number of methoxy groups -OCH3 is 1. The Morgan fingerprint density at radius 1 is 1.06 bits per heavy atom. The minimum absolute atomic E-state index is 0.102. The summed E-state index contributed by atoms with van der Waals surface area (Å²) in [6.45, 7) is 0. The highest BCUT2D eigenvalue weighted by atomic mass is 16.5. The van der Waals surface area contributed by atoms with Crippen molar-refractivity contribution in [2.24, 2.45) is 0 Å². The summed E-state index contributed by atoms with van der Waals surface area (Å²) in [6, 6.07) is 5.07. The Balaban J connectivity index is 2.68. The third kappa shape index (κ3) is 1.76. The van der Waals surface area contributed by atoms with E-state index in [1.54, 1.807) is 30.4 Å². The van der Waals surface area contributed by atoms with Gasteiger partial charge < -0.3 is 14.9 Å². The molecule has 16 heavy (non-hydrogen) atoms. The van der Waals surface area contributed by atoms with Gasteiger partial charge in [-0.05, 0) is 24.5 Å². The zero-order chi connectivity index (χ0) is 11.5. The summed E-state index contributed by atoms with van der Waals surface area (Å²) in [5.41, 5.74) is 0.811. The van der Waals surface area contributed by atoms with E-state index in [-0.39, 0.29) is 11.5 Å². The van der Waals surface area contributed by atoms with Crippen molar-refractivity contribution in [1.82, 2.24) is 0 Å². The average molecular weight is 216 g/mol. The molecule has 0 radical (unpaired) electrons. The molecule has 0 unspecified atom stereocenters. The van der Waals surface area contributed by atoms with Crippen LogP contribution in [0, 0.1) is 0 Å². The van der Waals surface area contributed by atoms with Crippen molar-refractivity contribution in [3.8, 4) is 5.75 Å². The van der Waals surface area contributed by atoms with E-state index in [4.69, 9.17) is 4.74 Å². The van der Waals surface area contributed by atoms with E-state index in [0.717, 1.165) is 0 Å². The van der Waals surface area contributed by atoms with Gasteiger partial charge in [-0.15, -0.1) is 11.5 Å². The number of allylic oxidation sites excluding steroid dienone is 2. The predicted octanol–water partition coefficient (Wildman–Crippen LogP) is 0.891. The van der Waals surface area contributed by atoms with E-state index < -0.39 is 0 Å². The normalized spacial score (nSPS) is 21.8. The van der Waals surface area contributed by atoms with Crippen molar-refractivity contribution >= 4 is 11.5 Å². The molecule has 0 N–H and O–H groups in total. The summed E-state index contributed by atoms with van der Waals surface area (Å²) < 4.78 is 5.12. The standard InChI is InChI=1S/C13H14O3/c1-16-12-8-4-5-9-10(14)6-2-3-7-11(15)13(9)12/h4-8,14-15H,2-3H2,1H3/p-2/b10-6+,11-7+. The van der Waals surface area contributed by atoms with Crippen molar-refractivity contribution in [2.75, 3.05) is 7.11 Å². The zero-order valence-electron chi connectivity index (χ0n) is 9.03. The fraction of sp³-hybridized carbons (Fsp3) is 0.231. The maximum atomic E-state index is 11.9. The van der Waals surface area contributed by atoms with Gasteiger partial charge in [0, 0.05) is 5.56 Å². The SMILES string of the molecule is COc1cccc2c1/C([O-])=C\CC/C=C\2[O-]. The van der Waals surface area contributed by atoms with Gasteiger partial charge in [0.1, 0.15) is 5.75 Å². The van der Waals surface area contributed by atoms with Gasteiger partial charge in [-0.2, -0.15) is 0 Å². The number of benzene rings is 1. The van der Waals surface area contributed by atoms with Crippen molar-refractivity contribution < 1.29 is 14.9 Å². The van der Waals surface area contributed by atoms with Gasteiger partial charge in [0.25, 0.3) is 0 Å². The second-order valence-corrected chi connectivity index (χ2v) is 3.60. The Bertz CT molecular complexity index is 458. The van der Waals surface area contributed by atoms with E-state index >= 15 is 0 Å². The van der Waals surface area contributed by atoms with Crippen LogP contribution < -0.4 is 14.9 Å². The maximum absolute atomic E-state index is 11.9. The second kappa shape index (κ2) is 4.31. The number of rotatable bonds is 1. The molecule has 1 aromatic rings. The smallest absolute Gasteiger partial charge is 0.126 e. The van der Waals surface area contributed by atoms with Gasteiger partial charge >= 0.3 is 0 Å². The van der Waals surface area contributed by atoms with Gasteiger partial charge in [0.2, 0.25) is 0 Å². The minimum Gasteiger partial charge on any atom is -0.872 e. The Kier molecular flexibility index (Phi) is 2.86. The summed E-state index contributed by atoms with van der Waals surface area (Å²) in [7, 11) is 1.50. The largest absolute Gasteiger partial charge is 0.872 e. The molecule has 1 aliphatic rings. The first kappa shape index (κ1) is 10.6. The first-order valence-corrected chi connectivity index (χ1v) is 5.16. The molecular weight excluding hydrogens is 204 g/mol. The van der Waals surface area contributed by atoms with Crippen molar-refractivity contribution in [3.05, 3.63) is 41.5 Å². The minimum atomic E-state index is -0.131. The lowest BCUT2D eigenvalue weighted by molar-refractivity contribution is -0.249. The molecule has 3 nitrogen and oxygen atoms in total. The quantitative estimate of drug-likeness (QED) is 0.700. The number of hydrogen-bond acceptors (Lipinski definition) is 3. The molecule has 0 aromatic heterocycles. The Morgan fingerprint density at radius 3 is 2.44 bits per heavy atom. The van der Waals surface area contributed by atoms with Gasteiger partial charge in [0.05, 0.1) is 7.11 Å². The van der Waals surface area contributed by atoms with Crippen LogP contribution in [0.25, 0.3) is 11.5 Å². The average Bonchev–Trinajstić information content (AvgIpc) is 2.31. The Hall–Kier alpha value is -1.90. The molecule has 1 aliphatic carbocycles. The van der Waals surface area contributed by atoms with Crippen LogP contribution in [0.15, 0.2) is 30.4 Å². The lowest BCUT2D eigenvalue weighted by atomic mass is 9.99. The molecule has 84 valence electrons. The van der Waals surface area contributed by atoms with E-state index in [0.29, 0.717) is 29.7 Å². The first-order valence-electron chi connectivity index (χ1n) is 5.16. The second-order valence-electron chi connectivity index (χ2n) is 3.60. The van der Waals surface area contributed by atoms with Crippen LogP contribution in [0.1, 0.15) is 24.0 Å². The fourth-order valence-electron chi connectivity index (χ4n) is 1.80. The summed E-state index contributed by atoms with van der Waals surface area (Å²) in [6.07, 6.45) is 4.43. The molecule has 0 heterocycles. The fourth-order valence-corrected chi connectivity index (χ4v) is 1.80. The monoisotopic (exact) mass is 216 g/mol. The first-order chi connectivity index (χ1) is 7.74. The third-order valence-corrected chi connectivity index (χ3v) is 2.58. The lowest BCUT2D eigenvalue weighted by Gasteiger charge is -2.25. The van der Waals surface area contributed by atoms with Crippen LogP contribution in [-0.2, 0) is 0 Å². The van der Waals surface area contributed by atoms with Crippen LogP contribution in [0.3, 0.4) is 0 Å². The van der Waals surface area contributed by atoms with E-state index in [1.807, 2.05) is 0 Å². The number of ether oxygens (including phenoxy) is 1. The van der Waals surface area contributed by atoms with Gasteiger partial charge in [-0.3, -0.25) is 0 Å². The molecular formula is C13H12O3-2. The van der Waals surface area contributed by atoms with Crippen LogP contribution in [-0.4, -0.2) is 7.11 Å². The molecule has 0 bridgehead atoms. The van der Waals surface area contributed by atoms with Crippen LogP contribution in [0.2, 0.25) is 0 Å². The molecule has 3 heteroatoms. The van der Waals surface area contributed by atoms with E-state index in [2.05, 4.69) is 0 Å². The summed E-state index contributed by atoms with van der Waals surface area (Å²) in [5, 5.41) is 23.7. The number of hydrogen-bond donors (Lipinski definition) is 0. The van der Waals surface area contributed by atoms with Crippen molar-refractivity contribution in [2.45, 2.75) is 12.8 Å². The van der Waals surface area contributed by atoms with Crippen molar-refractivity contribution in [1.29, 1.82) is 0 Å². The lowest BCUT2D eigenvalue weighted by Crippen LogP contribution is -2.12. The molecule has 0 saturated heterocycles. The molecule has 0 saturated carbocycles. The molecule has 2 rings (SSSR count). The highest BCUT2D eigenvalue weighted by molar-refractivity contribution is 5.77. The highest BCUT2D eigenvalue weighted by Gasteiger charge is 2.08. The van der Waals surface area contributed by atoms with Gasteiger partial charge in [0.15, 0.2) is 0 Å². The molecule has 0 aliphatic heterocycles. The molecule has 1 aromatic carbocycles. The summed E-state index contributed by atoms with van der Waals surface area (Å²) in [5.74, 6) is 0.228.